The second-order valence-corrected chi connectivity index (χ2v) is 3.36. The van der Waals surface area contributed by atoms with Gasteiger partial charge in [0.2, 0.25) is 0 Å². The van der Waals surface area contributed by atoms with Crippen LogP contribution in [0.5, 0.6) is 0 Å². The third kappa shape index (κ3) is 4.42. The summed E-state index contributed by atoms with van der Waals surface area (Å²) >= 11 is 0. The van der Waals surface area contributed by atoms with E-state index in [0.717, 1.165) is 32.6 Å². The molecule has 0 N–H and O–H groups in total. The Labute approximate surface area is 84.7 Å². The molecule has 0 amide bonds. The molecule has 14 heavy (non-hydrogen) atoms. The molecule has 1 rings (SSSR count). The summed E-state index contributed by atoms with van der Waals surface area (Å²) in [6.07, 6.45) is 2.40. The summed E-state index contributed by atoms with van der Waals surface area (Å²) in [6, 6.07) is 0. The molecule has 80 valence electrons. The zero-order valence-electron chi connectivity index (χ0n) is 8.61. The Morgan fingerprint density at radius 3 is 2.57 bits per heavy atom. The fraction of sp³-hybridized carbons (Fsp3) is 0.889. The van der Waals surface area contributed by atoms with Gasteiger partial charge in [-0.1, -0.05) is 0 Å². The average Bonchev–Trinajstić information content (AvgIpc) is 2.21. The summed E-state index contributed by atoms with van der Waals surface area (Å²) in [5.74, 6) is 0. The van der Waals surface area contributed by atoms with Gasteiger partial charge in [0.1, 0.15) is 6.61 Å². The lowest BCUT2D eigenvalue weighted by Crippen LogP contribution is -2.44. The molecule has 5 heteroatoms. The van der Waals surface area contributed by atoms with Crippen molar-refractivity contribution in [3.8, 4) is 6.26 Å². The van der Waals surface area contributed by atoms with E-state index in [2.05, 4.69) is 16.7 Å². The van der Waals surface area contributed by atoms with Crippen molar-refractivity contribution >= 4 is 0 Å². The number of hydrogen-bond acceptors (Lipinski definition) is 5. The van der Waals surface area contributed by atoms with E-state index in [1.165, 1.54) is 0 Å². The van der Waals surface area contributed by atoms with Crippen LogP contribution in [0.2, 0.25) is 0 Å². The first kappa shape index (κ1) is 11.2. The highest BCUT2D eigenvalue weighted by molar-refractivity contribution is 4.62. The molecule has 0 aliphatic carbocycles. The number of hydrogen-bond donors (Lipinski definition) is 0. The zero-order chi connectivity index (χ0) is 10.2. The largest absolute Gasteiger partial charge is 0.427 e. The van der Waals surface area contributed by atoms with E-state index in [1.54, 1.807) is 6.26 Å². The molecule has 0 aromatic rings. The van der Waals surface area contributed by atoms with Gasteiger partial charge < -0.3 is 9.64 Å². The molecule has 0 spiro atoms. The first-order chi connectivity index (χ1) is 6.83. The van der Waals surface area contributed by atoms with Crippen LogP contribution in [-0.2, 0) is 9.57 Å². The second-order valence-electron chi connectivity index (χ2n) is 3.36. The Morgan fingerprint density at radius 1 is 1.21 bits per heavy atom. The van der Waals surface area contributed by atoms with Crippen LogP contribution >= 0.6 is 0 Å². The van der Waals surface area contributed by atoms with Gasteiger partial charge in [-0.2, -0.15) is 10.3 Å². The summed E-state index contributed by atoms with van der Waals surface area (Å²) in [5.41, 5.74) is 0. The number of piperazine rings is 1. The van der Waals surface area contributed by atoms with Gasteiger partial charge in [-0.3, -0.25) is 4.84 Å². The molecule has 0 atom stereocenters. The Morgan fingerprint density at radius 2 is 1.93 bits per heavy atom. The number of ether oxygens (including phenoxy) is 1. The fourth-order valence-electron chi connectivity index (χ4n) is 1.29. The number of nitrogens with zero attached hydrogens (tertiary/aromatic N) is 3. The van der Waals surface area contributed by atoms with E-state index < -0.39 is 0 Å². The molecule has 1 saturated heterocycles. The first-order valence-corrected chi connectivity index (χ1v) is 4.90. The maximum atomic E-state index is 8.11. The minimum atomic E-state index is 0.449. The maximum absolute atomic E-state index is 8.11. The van der Waals surface area contributed by atoms with Crippen molar-refractivity contribution in [2.24, 2.45) is 0 Å². The fourth-order valence-corrected chi connectivity index (χ4v) is 1.29. The smallest absolute Gasteiger partial charge is 0.286 e. The van der Waals surface area contributed by atoms with Crippen LogP contribution in [0.1, 0.15) is 6.42 Å². The lowest BCUT2D eigenvalue weighted by Gasteiger charge is -2.31. The van der Waals surface area contributed by atoms with Crippen LogP contribution < -0.4 is 0 Å². The van der Waals surface area contributed by atoms with Gasteiger partial charge >= 0.3 is 0 Å². The quantitative estimate of drug-likeness (QED) is 0.462. The SMILES string of the molecule is CN1CCN(OCCCOC#N)CC1. The lowest BCUT2D eigenvalue weighted by molar-refractivity contribution is -0.176. The Kier molecular flexibility index (Phi) is 5.30. The van der Waals surface area contributed by atoms with Gasteiger partial charge in [0.25, 0.3) is 6.26 Å². The highest BCUT2D eigenvalue weighted by atomic mass is 16.7. The third-order valence-electron chi connectivity index (χ3n) is 2.19. The van der Waals surface area contributed by atoms with Crippen molar-refractivity contribution in [2.75, 3.05) is 46.4 Å². The Bertz CT molecular complexity index is 185. The highest BCUT2D eigenvalue weighted by Crippen LogP contribution is 2.00. The van der Waals surface area contributed by atoms with Gasteiger partial charge in [0.15, 0.2) is 0 Å². The van der Waals surface area contributed by atoms with Crippen molar-refractivity contribution in [3.63, 3.8) is 0 Å². The van der Waals surface area contributed by atoms with Crippen molar-refractivity contribution in [2.45, 2.75) is 6.42 Å². The van der Waals surface area contributed by atoms with Crippen molar-refractivity contribution in [3.05, 3.63) is 0 Å². The van der Waals surface area contributed by atoms with Gasteiger partial charge in [-0.05, 0) is 7.05 Å². The van der Waals surface area contributed by atoms with Crippen molar-refractivity contribution in [1.82, 2.24) is 9.96 Å². The molecule has 1 aliphatic heterocycles. The molecule has 0 radical (unpaired) electrons. The summed E-state index contributed by atoms with van der Waals surface area (Å²) < 4.78 is 4.54. The van der Waals surface area contributed by atoms with E-state index in [-0.39, 0.29) is 0 Å². The molecule has 1 aliphatic rings. The van der Waals surface area contributed by atoms with Crippen LogP contribution in [0.25, 0.3) is 0 Å². The summed E-state index contributed by atoms with van der Waals surface area (Å²) in [5, 5.41) is 10.1. The molecular weight excluding hydrogens is 182 g/mol. The van der Waals surface area contributed by atoms with Crippen LogP contribution in [0.3, 0.4) is 0 Å². The van der Waals surface area contributed by atoms with Crippen LogP contribution in [0, 0.1) is 11.5 Å². The lowest BCUT2D eigenvalue weighted by atomic mass is 10.4. The third-order valence-corrected chi connectivity index (χ3v) is 2.19. The van der Waals surface area contributed by atoms with E-state index >= 15 is 0 Å². The summed E-state index contributed by atoms with van der Waals surface area (Å²) in [6.45, 7) is 5.09. The molecule has 0 saturated carbocycles. The molecule has 0 bridgehead atoms. The molecular formula is C9H17N3O2. The van der Waals surface area contributed by atoms with Crippen molar-refractivity contribution < 1.29 is 9.57 Å². The van der Waals surface area contributed by atoms with Crippen molar-refractivity contribution in [1.29, 1.82) is 5.26 Å². The van der Waals surface area contributed by atoms with Gasteiger partial charge in [0, 0.05) is 32.6 Å². The Hall–Kier alpha value is -0.830. The predicted molar refractivity (Wildman–Crippen MR) is 51.2 cm³/mol. The molecule has 1 heterocycles. The second kappa shape index (κ2) is 6.60. The number of hydroxylamine groups is 2. The monoisotopic (exact) mass is 199 g/mol. The molecule has 0 unspecified atom stereocenters. The molecule has 1 fully saturated rings. The Balaban J connectivity index is 1.94. The number of nitriles is 1. The van der Waals surface area contributed by atoms with Gasteiger partial charge in [-0.25, -0.2) is 0 Å². The topological polar surface area (TPSA) is 48.7 Å². The van der Waals surface area contributed by atoms with E-state index in [4.69, 9.17) is 10.1 Å². The minimum absolute atomic E-state index is 0.449. The molecule has 5 nitrogen and oxygen atoms in total. The van der Waals surface area contributed by atoms with Crippen LogP contribution in [-0.4, -0.2) is 56.4 Å². The molecule has 0 aromatic carbocycles. The first-order valence-electron chi connectivity index (χ1n) is 4.90. The predicted octanol–water partition coefficient (Wildman–Crippen LogP) is 0.0532. The van der Waals surface area contributed by atoms with Crippen LogP contribution in [0.4, 0.5) is 0 Å². The van der Waals surface area contributed by atoms with E-state index in [1.807, 2.05) is 5.06 Å². The van der Waals surface area contributed by atoms with E-state index in [0.29, 0.717) is 13.2 Å². The minimum Gasteiger partial charge on any atom is -0.427 e. The van der Waals surface area contributed by atoms with Crippen LogP contribution in [0.15, 0.2) is 0 Å². The number of rotatable bonds is 5. The normalized spacial score (nSPS) is 19.1. The maximum Gasteiger partial charge on any atom is 0.286 e. The van der Waals surface area contributed by atoms with Gasteiger partial charge in [-0.15, -0.1) is 0 Å². The average molecular weight is 199 g/mol. The highest BCUT2D eigenvalue weighted by Gasteiger charge is 2.13. The van der Waals surface area contributed by atoms with Gasteiger partial charge in [0.05, 0.1) is 6.61 Å². The summed E-state index contributed by atoms with van der Waals surface area (Å²) in [4.78, 5) is 7.77. The van der Waals surface area contributed by atoms with E-state index in [9.17, 15) is 0 Å². The molecule has 0 aromatic heterocycles. The zero-order valence-corrected chi connectivity index (χ0v) is 8.61. The standard InChI is InChI=1S/C9H17N3O2/c1-11-3-5-12(6-4-11)14-8-2-7-13-9-10/h2-8H2,1H3. The summed E-state index contributed by atoms with van der Waals surface area (Å²) in [7, 11) is 2.11. The number of likely N-dealkylation sites (N-methyl/N-ethyl adjacent to an activating group) is 1.